The number of benzene rings is 2. The van der Waals surface area contributed by atoms with Crippen LogP contribution in [0.25, 0.3) is 0 Å². The minimum Gasteiger partial charge on any atom is -0.503 e. The largest absolute Gasteiger partial charge is 0.503 e. The second-order valence-electron chi connectivity index (χ2n) is 7.09. The average molecular weight is 506 g/mol. The molecule has 0 spiro atoms. The average Bonchev–Trinajstić information content (AvgIpc) is 3.04. The number of aromatic hydroxyl groups is 1. The fourth-order valence-electron chi connectivity index (χ4n) is 4.00. The molecule has 4 rings (SSSR count). The molecule has 1 atom stereocenters. The summed E-state index contributed by atoms with van der Waals surface area (Å²) >= 11 is 3.25. The lowest BCUT2D eigenvalue weighted by Crippen LogP contribution is -2.34. The fourth-order valence-corrected chi connectivity index (χ4v) is 6.30. The van der Waals surface area contributed by atoms with Gasteiger partial charge in [0.15, 0.2) is 21.3 Å². The van der Waals surface area contributed by atoms with Gasteiger partial charge in [-0.25, -0.2) is 12.8 Å². The number of methoxy groups -OCH3 is 1. The van der Waals surface area contributed by atoms with Gasteiger partial charge in [-0.05, 0) is 57.9 Å². The van der Waals surface area contributed by atoms with Crippen LogP contribution in [0, 0.1) is 17.1 Å². The lowest BCUT2D eigenvalue weighted by atomic mass is 9.87. The van der Waals surface area contributed by atoms with Crippen molar-refractivity contribution >= 4 is 31.5 Å². The van der Waals surface area contributed by atoms with E-state index in [9.17, 15) is 23.2 Å². The zero-order valence-electron chi connectivity index (χ0n) is 16.3. The number of phenols is 1. The second-order valence-corrected chi connectivity index (χ2v) is 10.0. The summed E-state index contributed by atoms with van der Waals surface area (Å²) in [6.45, 7) is 0. The Hall–Kier alpha value is -3.03. The molecule has 0 radical (unpaired) electrons. The van der Waals surface area contributed by atoms with Crippen LogP contribution in [0.4, 0.5) is 10.1 Å². The monoisotopic (exact) mass is 505 g/mol. The van der Waals surface area contributed by atoms with Crippen LogP contribution in [-0.4, -0.2) is 26.4 Å². The predicted molar refractivity (Wildman–Crippen MR) is 116 cm³/mol. The number of halogens is 2. The molecule has 0 aromatic heterocycles. The summed E-state index contributed by atoms with van der Waals surface area (Å²) in [5.41, 5.74) is 7.74. The molecular formula is C21H17BrFN3O4S. The van der Waals surface area contributed by atoms with Gasteiger partial charge in [0.25, 0.3) is 0 Å². The Morgan fingerprint density at radius 2 is 2.00 bits per heavy atom. The third-order valence-electron chi connectivity index (χ3n) is 5.37. The Balaban J connectivity index is 2.01. The van der Waals surface area contributed by atoms with Crippen LogP contribution in [0.2, 0.25) is 0 Å². The first-order valence-corrected chi connectivity index (χ1v) is 11.6. The molecule has 2 heterocycles. The lowest BCUT2D eigenvalue weighted by Gasteiger charge is -2.35. The molecule has 31 heavy (non-hydrogen) atoms. The van der Waals surface area contributed by atoms with E-state index in [4.69, 9.17) is 10.5 Å². The van der Waals surface area contributed by atoms with Crippen LogP contribution >= 0.6 is 15.9 Å². The van der Waals surface area contributed by atoms with Crippen molar-refractivity contribution in [2.24, 2.45) is 5.73 Å². The third-order valence-corrected chi connectivity index (χ3v) is 7.86. The second kappa shape index (κ2) is 7.59. The number of nitrogens with two attached hydrogens (primary N) is 1. The van der Waals surface area contributed by atoms with Crippen LogP contribution in [-0.2, 0) is 9.84 Å². The summed E-state index contributed by atoms with van der Waals surface area (Å²) in [7, 11) is -2.33. The summed E-state index contributed by atoms with van der Waals surface area (Å²) in [4.78, 5) is 1.57. The summed E-state index contributed by atoms with van der Waals surface area (Å²) in [5, 5.41) is 20.1. The van der Waals surface area contributed by atoms with Crippen LogP contribution in [0.15, 0.2) is 62.9 Å². The number of hydrogen-bond donors (Lipinski definition) is 2. The fraction of sp³-hybridized carbons (Fsp3) is 0.190. The maximum absolute atomic E-state index is 13.5. The Morgan fingerprint density at radius 1 is 1.32 bits per heavy atom. The van der Waals surface area contributed by atoms with Crippen molar-refractivity contribution in [2.75, 3.05) is 17.8 Å². The SMILES string of the molecule is COc1cc([C@@H]2C(C#N)=C(N)N(c3ccc(F)cc3)C3=C2S(=O)(=O)CC3)cc(Br)c1O. The van der Waals surface area contributed by atoms with Gasteiger partial charge in [-0.1, -0.05) is 0 Å². The molecule has 0 aliphatic carbocycles. The van der Waals surface area contributed by atoms with Gasteiger partial charge < -0.3 is 15.6 Å². The zero-order chi connectivity index (χ0) is 22.5. The van der Waals surface area contributed by atoms with Crippen LogP contribution in [0.5, 0.6) is 11.5 Å². The number of ether oxygens (including phenoxy) is 1. The van der Waals surface area contributed by atoms with Gasteiger partial charge in [-0.15, -0.1) is 0 Å². The Labute approximate surface area is 186 Å². The first-order chi connectivity index (χ1) is 14.7. The number of anilines is 1. The highest BCUT2D eigenvalue weighted by molar-refractivity contribution is 9.10. The molecule has 2 aliphatic rings. The zero-order valence-corrected chi connectivity index (χ0v) is 18.7. The van der Waals surface area contributed by atoms with E-state index < -0.39 is 21.6 Å². The van der Waals surface area contributed by atoms with E-state index >= 15 is 0 Å². The highest BCUT2D eigenvalue weighted by Gasteiger charge is 2.45. The summed E-state index contributed by atoms with van der Waals surface area (Å²) in [6, 6.07) is 10.5. The van der Waals surface area contributed by atoms with E-state index in [0.717, 1.165) is 0 Å². The van der Waals surface area contributed by atoms with Crippen LogP contribution in [0.1, 0.15) is 17.9 Å². The molecule has 160 valence electrons. The summed E-state index contributed by atoms with van der Waals surface area (Å²) in [6.07, 6.45) is 0.196. The number of hydrogen-bond acceptors (Lipinski definition) is 7. The van der Waals surface area contributed by atoms with Crippen molar-refractivity contribution < 1.29 is 22.7 Å². The molecule has 7 nitrogen and oxygen atoms in total. The molecule has 10 heteroatoms. The predicted octanol–water partition coefficient (Wildman–Crippen LogP) is 3.63. The quantitative estimate of drug-likeness (QED) is 0.653. The van der Waals surface area contributed by atoms with Gasteiger partial charge in [-0.2, -0.15) is 5.26 Å². The van der Waals surface area contributed by atoms with E-state index in [1.165, 1.54) is 42.3 Å². The molecule has 3 N–H and O–H groups in total. The minimum atomic E-state index is -3.70. The molecule has 0 fully saturated rings. The van der Waals surface area contributed by atoms with Gasteiger partial charge >= 0.3 is 0 Å². The third kappa shape index (κ3) is 3.34. The molecular weight excluding hydrogens is 489 g/mol. The van der Waals surface area contributed by atoms with E-state index in [-0.39, 0.29) is 44.4 Å². The van der Waals surface area contributed by atoms with Crippen LogP contribution in [0.3, 0.4) is 0 Å². The number of nitriles is 1. The molecule has 0 amide bonds. The highest BCUT2D eigenvalue weighted by atomic mass is 79.9. The summed E-state index contributed by atoms with van der Waals surface area (Å²) in [5.74, 6) is -1.49. The Bertz CT molecular complexity index is 1300. The smallest absolute Gasteiger partial charge is 0.177 e. The molecule has 0 unspecified atom stereocenters. The molecule has 0 bridgehead atoms. The van der Waals surface area contributed by atoms with E-state index in [1.54, 1.807) is 6.07 Å². The number of nitrogens with zero attached hydrogens (tertiary/aromatic N) is 2. The van der Waals surface area contributed by atoms with E-state index in [2.05, 4.69) is 22.0 Å². The van der Waals surface area contributed by atoms with Crippen molar-refractivity contribution in [2.45, 2.75) is 12.3 Å². The topological polar surface area (TPSA) is 117 Å². The number of sulfone groups is 1. The van der Waals surface area contributed by atoms with Gasteiger partial charge in [-0.3, -0.25) is 4.90 Å². The van der Waals surface area contributed by atoms with Crippen molar-refractivity contribution in [3.63, 3.8) is 0 Å². The van der Waals surface area contributed by atoms with Crippen molar-refractivity contribution in [3.05, 3.63) is 74.2 Å². The van der Waals surface area contributed by atoms with Crippen molar-refractivity contribution in [1.82, 2.24) is 0 Å². The Kier molecular flexibility index (Phi) is 5.19. The van der Waals surface area contributed by atoms with Crippen molar-refractivity contribution in [3.8, 4) is 17.6 Å². The van der Waals surface area contributed by atoms with E-state index in [1.807, 2.05) is 0 Å². The molecule has 0 saturated heterocycles. The summed E-state index contributed by atoms with van der Waals surface area (Å²) < 4.78 is 45.1. The normalized spacial score (nSPS) is 19.9. The lowest BCUT2D eigenvalue weighted by molar-refractivity contribution is 0.371. The van der Waals surface area contributed by atoms with Gasteiger partial charge in [0, 0.05) is 17.8 Å². The first kappa shape index (κ1) is 21.2. The number of phenolic OH excluding ortho intramolecular Hbond substituents is 1. The van der Waals surface area contributed by atoms with Crippen molar-refractivity contribution in [1.29, 1.82) is 5.26 Å². The molecule has 2 aliphatic heterocycles. The maximum Gasteiger partial charge on any atom is 0.177 e. The van der Waals surface area contributed by atoms with Crippen LogP contribution < -0.4 is 15.4 Å². The maximum atomic E-state index is 13.5. The Morgan fingerprint density at radius 3 is 2.61 bits per heavy atom. The number of rotatable bonds is 3. The molecule has 0 saturated carbocycles. The van der Waals surface area contributed by atoms with Gasteiger partial charge in [0.2, 0.25) is 0 Å². The standard InChI is InChI=1S/C21H17BrFN3O4S/c1-30-17-9-11(8-15(22)19(17)27)18-14(10-24)21(25)26(13-4-2-12(23)3-5-13)16-6-7-31(28,29)20(16)18/h2-5,8-9,18,27H,6-7,25H2,1H3/t18-/m1/s1. The van der Waals surface area contributed by atoms with Gasteiger partial charge in [0.05, 0.1) is 39.8 Å². The highest BCUT2D eigenvalue weighted by Crippen LogP contribution is 2.50. The minimum absolute atomic E-state index is 0.0354. The van der Waals surface area contributed by atoms with Gasteiger partial charge in [0.1, 0.15) is 11.6 Å². The first-order valence-electron chi connectivity index (χ1n) is 9.17. The molecule has 2 aromatic carbocycles. The molecule has 2 aromatic rings. The van der Waals surface area contributed by atoms with E-state index in [0.29, 0.717) is 16.9 Å². The number of allylic oxidation sites excluding steroid dienone is 3.